The second kappa shape index (κ2) is 6.22. The number of ether oxygens (including phenoxy) is 1. The molecule has 2 rings (SSSR count). The van der Waals surface area contributed by atoms with Gasteiger partial charge in [0.05, 0.1) is 6.61 Å². The van der Waals surface area contributed by atoms with Gasteiger partial charge in [-0.25, -0.2) is 4.79 Å². The molecule has 1 aromatic carbocycles. The van der Waals surface area contributed by atoms with Crippen molar-refractivity contribution in [2.75, 3.05) is 24.6 Å². The Hall–Kier alpha value is -2.04. The van der Waals surface area contributed by atoms with Crippen LogP contribution in [0, 0.1) is 0 Å². The van der Waals surface area contributed by atoms with E-state index in [4.69, 9.17) is 0 Å². The first-order chi connectivity index (χ1) is 9.20. The van der Waals surface area contributed by atoms with Crippen LogP contribution in [0.1, 0.15) is 13.3 Å². The minimum Gasteiger partial charge on any atom is -0.459 e. The maximum atomic E-state index is 11.5. The fraction of sp³-hybridized carbons (Fsp3) is 0.429. The molecule has 1 aromatic rings. The maximum absolute atomic E-state index is 11.5. The molecule has 0 spiro atoms. The molecule has 1 fully saturated rings. The van der Waals surface area contributed by atoms with Crippen LogP contribution in [-0.4, -0.2) is 37.6 Å². The first-order valence-electron chi connectivity index (χ1n) is 6.48. The van der Waals surface area contributed by atoms with Gasteiger partial charge in [0, 0.05) is 24.8 Å². The summed E-state index contributed by atoms with van der Waals surface area (Å²) in [5, 5.41) is 2.71. The summed E-state index contributed by atoms with van der Waals surface area (Å²) in [5.41, 5.74) is 1.13. The van der Waals surface area contributed by atoms with Crippen molar-refractivity contribution < 1.29 is 14.3 Å². The number of hydrogen-bond acceptors (Lipinski definition) is 4. The number of rotatable bonds is 3. The molecule has 102 valence electrons. The van der Waals surface area contributed by atoms with Crippen LogP contribution in [-0.2, 0) is 14.3 Å². The molecule has 1 saturated heterocycles. The van der Waals surface area contributed by atoms with Crippen LogP contribution in [0.5, 0.6) is 0 Å². The van der Waals surface area contributed by atoms with Crippen molar-refractivity contribution in [3.05, 3.63) is 30.3 Å². The molecule has 1 unspecified atom stereocenters. The van der Waals surface area contributed by atoms with Gasteiger partial charge >= 0.3 is 11.9 Å². The second-order valence-corrected chi connectivity index (χ2v) is 4.46. The molecular weight excluding hydrogens is 244 g/mol. The van der Waals surface area contributed by atoms with E-state index in [1.165, 1.54) is 0 Å². The van der Waals surface area contributed by atoms with Gasteiger partial charge in [0.15, 0.2) is 0 Å². The summed E-state index contributed by atoms with van der Waals surface area (Å²) in [7, 11) is 0. The number of esters is 1. The number of carbonyl (C=O) groups is 2. The van der Waals surface area contributed by atoms with Crippen LogP contribution in [0.3, 0.4) is 0 Å². The Balaban J connectivity index is 1.86. The summed E-state index contributed by atoms with van der Waals surface area (Å²) in [4.78, 5) is 25.0. The van der Waals surface area contributed by atoms with Crippen molar-refractivity contribution in [2.24, 2.45) is 0 Å². The molecule has 1 aliphatic heterocycles. The molecule has 0 saturated carbocycles. The SMILES string of the molecule is CCOC(=O)C(=O)NC1CCN(c2ccccc2)C1. The number of nitrogens with one attached hydrogen (secondary N) is 1. The highest BCUT2D eigenvalue weighted by Crippen LogP contribution is 2.19. The fourth-order valence-electron chi connectivity index (χ4n) is 2.19. The number of hydrogen-bond donors (Lipinski definition) is 1. The highest BCUT2D eigenvalue weighted by Gasteiger charge is 2.26. The summed E-state index contributed by atoms with van der Waals surface area (Å²) in [6.45, 7) is 3.48. The lowest BCUT2D eigenvalue weighted by molar-refractivity contribution is -0.154. The van der Waals surface area contributed by atoms with Gasteiger partial charge in [0.2, 0.25) is 0 Å². The molecule has 0 radical (unpaired) electrons. The minimum atomic E-state index is -0.805. The molecule has 5 heteroatoms. The summed E-state index contributed by atoms with van der Waals surface area (Å²) < 4.78 is 4.66. The third-order valence-electron chi connectivity index (χ3n) is 3.11. The first kappa shape index (κ1) is 13.4. The van der Waals surface area contributed by atoms with E-state index in [1.54, 1.807) is 6.92 Å². The Labute approximate surface area is 112 Å². The van der Waals surface area contributed by atoms with Crippen molar-refractivity contribution in [3.63, 3.8) is 0 Å². The molecule has 0 aliphatic carbocycles. The zero-order valence-electron chi connectivity index (χ0n) is 11.0. The Kier molecular flexibility index (Phi) is 4.39. The van der Waals surface area contributed by atoms with Gasteiger partial charge < -0.3 is 15.0 Å². The van der Waals surface area contributed by atoms with Crippen molar-refractivity contribution in [1.82, 2.24) is 5.32 Å². The standard InChI is InChI=1S/C14H18N2O3/c1-2-19-14(18)13(17)15-11-8-9-16(10-11)12-6-4-3-5-7-12/h3-7,11H,2,8-10H2,1H3,(H,15,17). The zero-order valence-corrected chi connectivity index (χ0v) is 11.0. The van der Waals surface area contributed by atoms with Gasteiger partial charge in [-0.2, -0.15) is 0 Å². The van der Waals surface area contributed by atoms with Crippen molar-refractivity contribution in [3.8, 4) is 0 Å². The highest BCUT2D eigenvalue weighted by atomic mass is 16.5. The third-order valence-corrected chi connectivity index (χ3v) is 3.11. The van der Waals surface area contributed by atoms with E-state index in [0.717, 1.165) is 25.2 Å². The summed E-state index contributed by atoms with van der Waals surface area (Å²) in [6, 6.07) is 10.0. The normalized spacial score (nSPS) is 18.2. The van der Waals surface area contributed by atoms with Crippen LogP contribution in [0.25, 0.3) is 0 Å². The van der Waals surface area contributed by atoms with E-state index in [-0.39, 0.29) is 12.6 Å². The van der Waals surface area contributed by atoms with E-state index >= 15 is 0 Å². The van der Waals surface area contributed by atoms with Gasteiger partial charge in [0.1, 0.15) is 0 Å². The molecule has 1 atom stereocenters. The smallest absolute Gasteiger partial charge is 0.396 e. The number of nitrogens with zero attached hydrogens (tertiary/aromatic N) is 1. The van der Waals surface area contributed by atoms with E-state index < -0.39 is 11.9 Å². The molecule has 0 aromatic heterocycles. The second-order valence-electron chi connectivity index (χ2n) is 4.46. The monoisotopic (exact) mass is 262 g/mol. The number of amides is 1. The average molecular weight is 262 g/mol. The maximum Gasteiger partial charge on any atom is 0.396 e. The number of benzene rings is 1. The largest absolute Gasteiger partial charge is 0.459 e. The van der Waals surface area contributed by atoms with Crippen molar-refractivity contribution in [1.29, 1.82) is 0 Å². The highest BCUT2D eigenvalue weighted by molar-refractivity contribution is 6.32. The van der Waals surface area contributed by atoms with Crippen molar-refractivity contribution in [2.45, 2.75) is 19.4 Å². The van der Waals surface area contributed by atoms with Crippen LogP contribution in [0.2, 0.25) is 0 Å². The molecule has 1 aliphatic rings. The van der Waals surface area contributed by atoms with Crippen LogP contribution in [0.4, 0.5) is 5.69 Å². The number of carbonyl (C=O) groups excluding carboxylic acids is 2. The Morgan fingerprint density at radius 3 is 2.79 bits per heavy atom. The lowest BCUT2D eigenvalue weighted by Crippen LogP contribution is -2.41. The van der Waals surface area contributed by atoms with Crippen LogP contribution in [0.15, 0.2) is 30.3 Å². The fourth-order valence-corrected chi connectivity index (χ4v) is 2.19. The lowest BCUT2D eigenvalue weighted by Gasteiger charge is -2.18. The minimum absolute atomic E-state index is 0.00267. The molecule has 19 heavy (non-hydrogen) atoms. The quantitative estimate of drug-likeness (QED) is 0.650. The van der Waals surface area contributed by atoms with Gasteiger partial charge in [-0.3, -0.25) is 4.79 Å². The number of para-hydroxylation sites is 1. The molecule has 1 N–H and O–H groups in total. The summed E-state index contributed by atoms with van der Waals surface area (Å²) in [5.74, 6) is -1.46. The first-order valence-corrected chi connectivity index (χ1v) is 6.48. The van der Waals surface area contributed by atoms with Crippen LogP contribution >= 0.6 is 0 Å². The Morgan fingerprint density at radius 2 is 2.11 bits per heavy atom. The molecular formula is C14H18N2O3. The number of anilines is 1. The summed E-state index contributed by atoms with van der Waals surface area (Å²) in [6.07, 6.45) is 0.833. The summed E-state index contributed by atoms with van der Waals surface area (Å²) >= 11 is 0. The van der Waals surface area contributed by atoms with Gasteiger partial charge in [-0.1, -0.05) is 18.2 Å². The topological polar surface area (TPSA) is 58.6 Å². The molecule has 1 heterocycles. The van der Waals surface area contributed by atoms with E-state index in [1.807, 2.05) is 30.3 Å². The Bertz CT molecular complexity index is 447. The third kappa shape index (κ3) is 3.47. The van der Waals surface area contributed by atoms with Crippen molar-refractivity contribution >= 4 is 17.6 Å². The predicted molar refractivity (Wildman–Crippen MR) is 71.8 cm³/mol. The van der Waals surface area contributed by atoms with E-state index in [2.05, 4.69) is 15.0 Å². The molecule has 0 bridgehead atoms. The van der Waals surface area contributed by atoms with Gasteiger partial charge in [-0.15, -0.1) is 0 Å². The zero-order chi connectivity index (χ0) is 13.7. The predicted octanol–water partition coefficient (Wildman–Crippen LogP) is 0.945. The Morgan fingerprint density at radius 1 is 1.37 bits per heavy atom. The van der Waals surface area contributed by atoms with Gasteiger partial charge in [0.25, 0.3) is 0 Å². The van der Waals surface area contributed by atoms with Gasteiger partial charge in [-0.05, 0) is 25.5 Å². The average Bonchev–Trinajstić information content (AvgIpc) is 2.88. The molecule has 1 amide bonds. The molecule has 5 nitrogen and oxygen atoms in total. The van der Waals surface area contributed by atoms with E-state index in [0.29, 0.717) is 0 Å². The van der Waals surface area contributed by atoms with Crippen LogP contribution < -0.4 is 10.2 Å². The lowest BCUT2D eigenvalue weighted by atomic mass is 10.2. The van der Waals surface area contributed by atoms with E-state index in [9.17, 15) is 9.59 Å².